The van der Waals surface area contributed by atoms with Crippen LogP contribution < -0.4 is 0 Å². The topological polar surface area (TPSA) is 40.5 Å². The maximum absolute atomic E-state index is 9.28. The quantitative estimate of drug-likeness (QED) is 0.818. The van der Waals surface area contributed by atoms with Gasteiger partial charge in [0.25, 0.3) is 0 Å². The van der Waals surface area contributed by atoms with Crippen LogP contribution in [0.3, 0.4) is 0 Å². The Hall–Kier alpha value is -0.860. The normalized spacial score (nSPS) is 21.8. The van der Waals surface area contributed by atoms with Crippen LogP contribution in [0.5, 0.6) is 0 Å². The lowest BCUT2D eigenvalue weighted by Gasteiger charge is -2.11. The van der Waals surface area contributed by atoms with E-state index >= 15 is 0 Å². The zero-order chi connectivity index (χ0) is 12.5. The van der Waals surface area contributed by atoms with E-state index in [0.717, 1.165) is 12.8 Å². The van der Waals surface area contributed by atoms with Crippen molar-refractivity contribution in [3.05, 3.63) is 35.4 Å². The highest BCUT2D eigenvalue weighted by molar-refractivity contribution is 5.25. The number of aliphatic hydroxyl groups is 2. The van der Waals surface area contributed by atoms with E-state index in [9.17, 15) is 10.2 Å². The fourth-order valence-corrected chi connectivity index (χ4v) is 2.42. The lowest BCUT2D eigenvalue weighted by Crippen LogP contribution is -2.15. The molecule has 2 N–H and O–H groups in total. The fraction of sp³-hybridized carbons (Fsp3) is 0.600. The van der Waals surface area contributed by atoms with E-state index in [0.29, 0.717) is 11.8 Å². The summed E-state index contributed by atoms with van der Waals surface area (Å²) in [5.74, 6) is 0.908. The second-order valence-corrected chi connectivity index (χ2v) is 5.57. The minimum atomic E-state index is -0.221. The minimum Gasteiger partial charge on any atom is -0.396 e. The first-order valence-corrected chi connectivity index (χ1v) is 6.34. The maximum atomic E-state index is 9.28. The van der Waals surface area contributed by atoms with Crippen LogP contribution in [0.4, 0.5) is 0 Å². The zero-order valence-electron chi connectivity index (χ0n) is 10.6. The molecule has 1 atom stereocenters. The highest BCUT2D eigenvalue weighted by atomic mass is 16.3. The summed E-state index contributed by atoms with van der Waals surface area (Å²) in [6.07, 6.45) is 1.85. The molecule has 17 heavy (non-hydrogen) atoms. The van der Waals surface area contributed by atoms with Gasteiger partial charge in [-0.2, -0.15) is 0 Å². The molecular formula is C15H21O2. The molecule has 1 aliphatic rings. The summed E-state index contributed by atoms with van der Waals surface area (Å²) in [6, 6.07) is 9.70. The molecule has 0 bridgehead atoms. The molecule has 0 heterocycles. The molecule has 2 heteroatoms. The Kier molecular flexibility index (Phi) is 3.55. The average Bonchev–Trinajstić information content (AvgIpc) is 3.03. The van der Waals surface area contributed by atoms with E-state index in [1.54, 1.807) is 0 Å². The summed E-state index contributed by atoms with van der Waals surface area (Å²) in [6.45, 7) is 4.52. The van der Waals surface area contributed by atoms with E-state index in [1.807, 2.05) is 0 Å². The number of benzene rings is 1. The molecule has 1 unspecified atom stereocenters. The van der Waals surface area contributed by atoms with Crippen LogP contribution in [0, 0.1) is 17.4 Å². The van der Waals surface area contributed by atoms with Gasteiger partial charge in [-0.05, 0) is 41.9 Å². The smallest absolute Gasteiger partial charge is 0.0512 e. The molecule has 2 rings (SSSR count). The van der Waals surface area contributed by atoms with Crippen molar-refractivity contribution in [1.29, 1.82) is 0 Å². The van der Waals surface area contributed by atoms with Gasteiger partial charge >= 0.3 is 0 Å². The Morgan fingerprint density at radius 2 is 2.06 bits per heavy atom. The van der Waals surface area contributed by atoms with Gasteiger partial charge in [-0.25, -0.2) is 0 Å². The van der Waals surface area contributed by atoms with Crippen molar-refractivity contribution in [3.8, 4) is 0 Å². The number of hydrogen-bond acceptors (Lipinski definition) is 2. The molecule has 0 saturated heterocycles. The molecule has 1 aliphatic carbocycles. The summed E-state index contributed by atoms with van der Waals surface area (Å²) in [4.78, 5) is 0. The second kappa shape index (κ2) is 4.79. The Morgan fingerprint density at radius 1 is 1.35 bits per heavy atom. The van der Waals surface area contributed by atoms with Crippen molar-refractivity contribution < 1.29 is 10.2 Å². The Labute approximate surface area is 103 Å². The van der Waals surface area contributed by atoms with Crippen molar-refractivity contribution >= 4 is 0 Å². The molecule has 1 fully saturated rings. The third-order valence-corrected chi connectivity index (χ3v) is 3.96. The van der Waals surface area contributed by atoms with Crippen molar-refractivity contribution in [3.63, 3.8) is 0 Å². The molecule has 1 aromatic carbocycles. The van der Waals surface area contributed by atoms with Crippen molar-refractivity contribution in [1.82, 2.24) is 0 Å². The molecule has 1 radical (unpaired) electrons. The molecule has 93 valence electrons. The van der Waals surface area contributed by atoms with Gasteiger partial charge in [0.15, 0.2) is 0 Å². The summed E-state index contributed by atoms with van der Waals surface area (Å²) in [5.41, 5.74) is 2.22. The SMILES string of the molecule is CC(C)c1[c]c(CC2CC2(CO)CO)ccc1. The third kappa shape index (κ3) is 2.53. The van der Waals surface area contributed by atoms with Crippen LogP contribution in [-0.4, -0.2) is 23.4 Å². The Morgan fingerprint density at radius 3 is 2.59 bits per heavy atom. The summed E-state index contributed by atoms with van der Waals surface area (Å²) < 4.78 is 0. The molecule has 0 amide bonds. The largest absolute Gasteiger partial charge is 0.396 e. The van der Waals surface area contributed by atoms with Crippen molar-refractivity contribution in [2.24, 2.45) is 11.3 Å². The Balaban J connectivity index is 2.03. The molecule has 0 spiro atoms. The van der Waals surface area contributed by atoms with Gasteiger partial charge in [0, 0.05) is 5.41 Å². The molecule has 1 saturated carbocycles. The van der Waals surface area contributed by atoms with Crippen molar-refractivity contribution in [2.75, 3.05) is 13.2 Å². The van der Waals surface area contributed by atoms with E-state index in [2.05, 4.69) is 38.1 Å². The molecule has 0 aromatic heterocycles. The van der Waals surface area contributed by atoms with Crippen LogP contribution in [-0.2, 0) is 6.42 Å². The zero-order valence-corrected chi connectivity index (χ0v) is 10.6. The lowest BCUT2D eigenvalue weighted by molar-refractivity contribution is 0.121. The minimum absolute atomic E-state index is 0.0953. The van der Waals surface area contributed by atoms with E-state index in [-0.39, 0.29) is 18.6 Å². The van der Waals surface area contributed by atoms with Gasteiger partial charge < -0.3 is 10.2 Å². The highest BCUT2D eigenvalue weighted by Crippen LogP contribution is 2.53. The van der Waals surface area contributed by atoms with Crippen molar-refractivity contribution in [2.45, 2.75) is 32.6 Å². The van der Waals surface area contributed by atoms with E-state index < -0.39 is 0 Å². The second-order valence-electron chi connectivity index (χ2n) is 5.57. The summed E-state index contributed by atoms with van der Waals surface area (Å²) in [5, 5.41) is 18.6. The number of rotatable bonds is 5. The van der Waals surface area contributed by atoms with Gasteiger partial charge in [-0.3, -0.25) is 0 Å². The molecule has 2 nitrogen and oxygen atoms in total. The fourth-order valence-electron chi connectivity index (χ4n) is 2.42. The lowest BCUT2D eigenvalue weighted by atomic mass is 9.96. The summed E-state index contributed by atoms with van der Waals surface area (Å²) >= 11 is 0. The number of aliphatic hydroxyl groups excluding tert-OH is 2. The van der Waals surface area contributed by atoms with Crippen LogP contribution in [0.2, 0.25) is 0 Å². The van der Waals surface area contributed by atoms with Gasteiger partial charge in [0.2, 0.25) is 0 Å². The van der Waals surface area contributed by atoms with Gasteiger partial charge in [-0.15, -0.1) is 0 Å². The third-order valence-electron chi connectivity index (χ3n) is 3.96. The summed E-state index contributed by atoms with van der Waals surface area (Å²) in [7, 11) is 0. The van der Waals surface area contributed by atoms with E-state index in [4.69, 9.17) is 0 Å². The van der Waals surface area contributed by atoms with Crippen LogP contribution >= 0.6 is 0 Å². The predicted molar refractivity (Wildman–Crippen MR) is 67.8 cm³/mol. The van der Waals surface area contributed by atoms with E-state index in [1.165, 1.54) is 11.1 Å². The number of hydrogen-bond donors (Lipinski definition) is 2. The maximum Gasteiger partial charge on any atom is 0.0512 e. The standard InChI is InChI=1S/C15H21O2/c1-11(2)13-5-3-4-12(6-13)7-14-8-15(14,9-16)10-17/h3-5,11,14,16-17H,7-10H2,1-2H3. The molecule has 1 aromatic rings. The van der Waals surface area contributed by atoms with Crippen LogP contribution in [0.15, 0.2) is 18.2 Å². The highest BCUT2D eigenvalue weighted by Gasteiger charge is 2.52. The Bertz CT molecular complexity index is 380. The molecular weight excluding hydrogens is 212 g/mol. The first-order valence-electron chi connectivity index (χ1n) is 6.34. The van der Waals surface area contributed by atoms with Gasteiger partial charge in [0.1, 0.15) is 0 Å². The first kappa shape index (κ1) is 12.6. The first-order chi connectivity index (χ1) is 8.11. The predicted octanol–water partition coefficient (Wildman–Crippen LogP) is 2.14. The van der Waals surface area contributed by atoms with Gasteiger partial charge in [0.05, 0.1) is 13.2 Å². The average molecular weight is 233 g/mol. The monoisotopic (exact) mass is 233 g/mol. The van der Waals surface area contributed by atoms with Crippen LogP contribution in [0.1, 0.15) is 37.3 Å². The van der Waals surface area contributed by atoms with Gasteiger partial charge in [-0.1, -0.05) is 32.0 Å². The molecule has 0 aliphatic heterocycles. The van der Waals surface area contributed by atoms with Crippen LogP contribution in [0.25, 0.3) is 0 Å².